The number of rotatable bonds is 8. The summed E-state index contributed by atoms with van der Waals surface area (Å²) >= 11 is 0. The molecule has 0 bridgehead atoms. The molecule has 0 aromatic rings. The first-order valence-electron chi connectivity index (χ1n) is 6.25. The van der Waals surface area contributed by atoms with E-state index in [-0.39, 0.29) is 6.10 Å². The largest absolute Gasteiger partial charge is 0.379 e. The zero-order valence-electron chi connectivity index (χ0n) is 10.1. The van der Waals surface area contributed by atoms with Crippen molar-refractivity contribution >= 4 is 0 Å². The van der Waals surface area contributed by atoms with Crippen molar-refractivity contribution in [3.05, 3.63) is 0 Å². The highest BCUT2D eigenvalue weighted by Crippen LogP contribution is 2.10. The normalized spacial score (nSPS) is 23.2. The number of hydrogen-bond donors (Lipinski definition) is 1. The molecule has 3 heteroatoms. The minimum absolute atomic E-state index is 0.237. The second-order valence-electron chi connectivity index (χ2n) is 4.28. The molecule has 0 radical (unpaired) electrons. The Morgan fingerprint density at radius 1 is 1.47 bits per heavy atom. The average molecular weight is 215 g/mol. The van der Waals surface area contributed by atoms with E-state index in [4.69, 9.17) is 9.47 Å². The Hall–Kier alpha value is -0.120. The second-order valence-corrected chi connectivity index (χ2v) is 4.28. The Morgan fingerprint density at radius 2 is 2.33 bits per heavy atom. The third kappa shape index (κ3) is 6.13. The monoisotopic (exact) mass is 215 g/mol. The van der Waals surface area contributed by atoms with Gasteiger partial charge in [0.05, 0.1) is 12.7 Å². The van der Waals surface area contributed by atoms with Crippen LogP contribution in [0.5, 0.6) is 0 Å². The maximum Gasteiger partial charge on any atom is 0.0780 e. The molecule has 1 aliphatic rings. The topological polar surface area (TPSA) is 30.5 Å². The van der Waals surface area contributed by atoms with Crippen molar-refractivity contribution in [2.24, 2.45) is 0 Å². The number of nitrogens with one attached hydrogen (secondary N) is 1. The molecule has 15 heavy (non-hydrogen) atoms. The molecule has 1 rings (SSSR count). The van der Waals surface area contributed by atoms with Gasteiger partial charge in [-0.25, -0.2) is 0 Å². The lowest BCUT2D eigenvalue weighted by Crippen LogP contribution is -2.22. The molecule has 2 unspecified atom stereocenters. The summed E-state index contributed by atoms with van der Waals surface area (Å²) in [5.41, 5.74) is 0. The maximum absolute atomic E-state index is 5.65. The van der Waals surface area contributed by atoms with Gasteiger partial charge in [-0.05, 0) is 46.1 Å². The van der Waals surface area contributed by atoms with Crippen molar-refractivity contribution in [2.45, 2.75) is 51.7 Å². The van der Waals surface area contributed by atoms with Crippen LogP contribution in [0, 0.1) is 0 Å². The van der Waals surface area contributed by atoms with Crippen molar-refractivity contribution in [1.82, 2.24) is 5.32 Å². The third-order valence-electron chi connectivity index (χ3n) is 2.82. The van der Waals surface area contributed by atoms with E-state index in [1.165, 1.54) is 25.8 Å². The van der Waals surface area contributed by atoms with Crippen LogP contribution in [0.2, 0.25) is 0 Å². The Bertz CT molecular complexity index is 147. The molecule has 1 saturated heterocycles. The van der Waals surface area contributed by atoms with Crippen molar-refractivity contribution in [3.8, 4) is 0 Å². The van der Waals surface area contributed by atoms with Crippen LogP contribution in [0.3, 0.4) is 0 Å². The molecule has 0 amide bonds. The first-order valence-corrected chi connectivity index (χ1v) is 6.25. The van der Waals surface area contributed by atoms with Gasteiger partial charge in [-0.1, -0.05) is 0 Å². The van der Waals surface area contributed by atoms with E-state index in [0.29, 0.717) is 0 Å². The van der Waals surface area contributed by atoms with Crippen LogP contribution in [0.15, 0.2) is 0 Å². The van der Waals surface area contributed by atoms with Gasteiger partial charge in [-0.3, -0.25) is 0 Å². The van der Waals surface area contributed by atoms with Gasteiger partial charge in [0.1, 0.15) is 0 Å². The molecule has 3 nitrogen and oxygen atoms in total. The van der Waals surface area contributed by atoms with Crippen molar-refractivity contribution in [2.75, 3.05) is 26.4 Å². The van der Waals surface area contributed by atoms with Gasteiger partial charge in [-0.2, -0.15) is 0 Å². The molecule has 1 N–H and O–H groups in total. The third-order valence-corrected chi connectivity index (χ3v) is 2.82. The summed E-state index contributed by atoms with van der Waals surface area (Å²) in [4.78, 5) is 0. The van der Waals surface area contributed by atoms with E-state index < -0.39 is 0 Å². The Labute approximate surface area is 93.5 Å². The summed E-state index contributed by atoms with van der Waals surface area (Å²) < 4.78 is 10.9. The molecule has 2 atom stereocenters. The fourth-order valence-corrected chi connectivity index (χ4v) is 1.95. The lowest BCUT2D eigenvalue weighted by Gasteiger charge is -2.14. The van der Waals surface area contributed by atoms with Gasteiger partial charge in [0.2, 0.25) is 0 Å². The SMILES string of the molecule is CCOCC(C)OCCCC1CCCN1. The summed E-state index contributed by atoms with van der Waals surface area (Å²) in [5, 5.41) is 3.50. The van der Waals surface area contributed by atoms with E-state index in [1.807, 2.05) is 6.92 Å². The molecule has 1 heterocycles. The summed E-state index contributed by atoms with van der Waals surface area (Å²) in [6.45, 7) is 7.65. The van der Waals surface area contributed by atoms with E-state index in [1.54, 1.807) is 0 Å². The van der Waals surface area contributed by atoms with Gasteiger partial charge < -0.3 is 14.8 Å². The molecule has 1 aliphatic heterocycles. The van der Waals surface area contributed by atoms with Crippen LogP contribution in [0.1, 0.15) is 39.5 Å². The van der Waals surface area contributed by atoms with Crippen LogP contribution >= 0.6 is 0 Å². The summed E-state index contributed by atoms with van der Waals surface area (Å²) in [6.07, 6.45) is 5.33. The van der Waals surface area contributed by atoms with Crippen LogP contribution in [0.25, 0.3) is 0 Å². The molecule has 0 spiro atoms. The molecule has 0 aromatic carbocycles. The zero-order chi connectivity index (χ0) is 10.9. The van der Waals surface area contributed by atoms with Gasteiger partial charge in [0.15, 0.2) is 0 Å². The molecule has 0 aromatic heterocycles. The summed E-state index contributed by atoms with van der Waals surface area (Å²) in [6, 6.07) is 0.746. The van der Waals surface area contributed by atoms with Crippen molar-refractivity contribution < 1.29 is 9.47 Å². The molecular formula is C12H25NO2. The molecule has 0 aliphatic carbocycles. The Balaban J connectivity index is 1.87. The van der Waals surface area contributed by atoms with Gasteiger partial charge >= 0.3 is 0 Å². The van der Waals surface area contributed by atoms with Crippen LogP contribution in [-0.4, -0.2) is 38.5 Å². The number of hydrogen-bond acceptors (Lipinski definition) is 3. The molecule has 0 saturated carbocycles. The predicted octanol–water partition coefficient (Wildman–Crippen LogP) is 1.96. The number of ether oxygens (including phenoxy) is 2. The van der Waals surface area contributed by atoms with E-state index in [2.05, 4.69) is 12.2 Å². The molecular weight excluding hydrogens is 190 g/mol. The highest BCUT2D eigenvalue weighted by molar-refractivity contribution is 4.73. The van der Waals surface area contributed by atoms with Gasteiger partial charge in [0, 0.05) is 19.3 Å². The lowest BCUT2D eigenvalue weighted by molar-refractivity contribution is -0.00490. The van der Waals surface area contributed by atoms with Gasteiger partial charge in [-0.15, -0.1) is 0 Å². The van der Waals surface area contributed by atoms with Crippen LogP contribution in [-0.2, 0) is 9.47 Å². The quantitative estimate of drug-likeness (QED) is 0.628. The van der Waals surface area contributed by atoms with Crippen LogP contribution < -0.4 is 5.32 Å². The summed E-state index contributed by atoms with van der Waals surface area (Å²) in [5.74, 6) is 0. The Kier molecular flexibility index (Phi) is 6.98. The maximum atomic E-state index is 5.65. The second kappa shape index (κ2) is 8.08. The first kappa shape index (κ1) is 12.9. The first-order chi connectivity index (χ1) is 7.33. The van der Waals surface area contributed by atoms with Crippen molar-refractivity contribution in [3.63, 3.8) is 0 Å². The fraction of sp³-hybridized carbons (Fsp3) is 1.00. The van der Waals surface area contributed by atoms with Crippen LogP contribution in [0.4, 0.5) is 0 Å². The van der Waals surface area contributed by atoms with E-state index in [0.717, 1.165) is 32.3 Å². The predicted molar refractivity (Wildman–Crippen MR) is 62.2 cm³/mol. The standard InChI is InChI=1S/C12H25NO2/c1-3-14-10-11(2)15-9-5-7-12-6-4-8-13-12/h11-13H,3-10H2,1-2H3. The lowest BCUT2D eigenvalue weighted by atomic mass is 10.1. The minimum atomic E-state index is 0.237. The smallest absolute Gasteiger partial charge is 0.0780 e. The molecule has 1 fully saturated rings. The highest BCUT2D eigenvalue weighted by Gasteiger charge is 2.13. The van der Waals surface area contributed by atoms with Crippen molar-refractivity contribution in [1.29, 1.82) is 0 Å². The minimum Gasteiger partial charge on any atom is -0.379 e. The van der Waals surface area contributed by atoms with Gasteiger partial charge in [0.25, 0.3) is 0 Å². The van der Waals surface area contributed by atoms with E-state index in [9.17, 15) is 0 Å². The Morgan fingerprint density at radius 3 is 3.00 bits per heavy atom. The highest BCUT2D eigenvalue weighted by atomic mass is 16.5. The fourth-order valence-electron chi connectivity index (χ4n) is 1.95. The molecule has 90 valence electrons. The zero-order valence-corrected chi connectivity index (χ0v) is 10.1. The average Bonchev–Trinajstić information content (AvgIpc) is 2.74. The van der Waals surface area contributed by atoms with E-state index >= 15 is 0 Å². The summed E-state index contributed by atoms with van der Waals surface area (Å²) in [7, 11) is 0.